The standard InChI is InChI=1S/C13H22N2O2S2/c1-9-8-18-12(7-14)13(9)19(16,17)15-10(2)5-4-6-11(15)3/h8,10-11H,4-7,14H2,1-3H3. The maximum Gasteiger partial charge on any atom is 0.244 e. The molecular formula is C13H22N2O2S2. The fourth-order valence-corrected chi connectivity index (χ4v) is 6.49. The SMILES string of the molecule is Cc1csc(CN)c1S(=O)(=O)N1C(C)CCCC1C. The van der Waals surface area contributed by atoms with Gasteiger partial charge in [0.1, 0.15) is 4.90 Å². The van der Waals surface area contributed by atoms with Gasteiger partial charge in [0.25, 0.3) is 0 Å². The van der Waals surface area contributed by atoms with E-state index in [9.17, 15) is 8.42 Å². The highest BCUT2D eigenvalue weighted by molar-refractivity contribution is 7.89. The van der Waals surface area contributed by atoms with Crippen LogP contribution < -0.4 is 5.73 Å². The Morgan fingerprint density at radius 2 is 1.95 bits per heavy atom. The summed E-state index contributed by atoms with van der Waals surface area (Å²) in [6, 6.07) is 0.136. The van der Waals surface area contributed by atoms with Crippen LogP contribution >= 0.6 is 11.3 Å². The lowest BCUT2D eigenvalue weighted by molar-refractivity contribution is 0.204. The van der Waals surface area contributed by atoms with Crippen LogP contribution in [0.25, 0.3) is 0 Å². The summed E-state index contributed by atoms with van der Waals surface area (Å²) in [4.78, 5) is 1.21. The van der Waals surface area contributed by atoms with E-state index in [2.05, 4.69) is 0 Å². The van der Waals surface area contributed by atoms with Crippen LogP contribution in [-0.2, 0) is 16.6 Å². The minimum atomic E-state index is -3.43. The zero-order valence-corrected chi connectivity index (χ0v) is 13.4. The molecule has 2 heterocycles. The minimum absolute atomic E-state index is 0.0682. The lowest BCUT2D eigenvalue weighted by atomic mass is 10.0. The van der Waals surface area contributed by atoms with Crippen molar-refractivity contribution in [1.82, 2.24) is 4.31 Å². The average Bonchev–Trinajstić information content (AvgIpc) is 2.70. The van der Waals surface area contributed by atoms with Crippen LogP contribution in [0.2, 0.25) is 0 Å². The minimum Gasteiger partial charge on any atom is -0.326 e. The van der Waals surface area contributed by atoms with Crippen molar-refractivity contribution in [2.24, 2.45) is 5.73 Å². The molecule has 0 amide bonds. The summed E-state index contributed by atoms with van der Waals surface area (Å²) in [6.45, 7) is 6.12. The average molecular weight is 302 g/mol. The first-order valence-corrected chi connectivity index (χ1v) is 9.02. The topological polar surface area (TPSA) is 63.4 Å². The summed E-state index contributed by atoms with van der Waals surface area (Å²) < 4.78 is 27.6. The highest BCUT2D eigenvalue weighted by atomic mass is 32.2. The number of hydrogen-bond donors (Lipinski definition) is 1. The largest absolute Gasteiger partial charge is 0.326 e. The molecule has 2 atom stereocenters. The fraction of sp³-hybridized carbons (Fsp3) is 0.692. The number of aryl methyl sites for hydroxylation is 1. The van der Waals surface area contributed by atoms with Crippen LogP contribution in [0.5, 0.6) is 0 Å². The van der Waals surface area contributed by atoms with Crippen LogP contribution in [0.4, 0.5) is 0 Å². The Morgan fingerprint density at radius 3 is 2.47 bits per heavy atom. The van der Waals surface area contributed by atoms with Gasteiger partial charge in [-0.1, -0.05) is 6.42 Å². The first kappa shape index (κ1) is 15.0. The van der Waals surface area contributed by atoms with Crippen molar-refractivity contribution in [2.75, 3.05) is 0 Å². The number of sulfonamides is 1. The molecule has 1 saturated heterocycles. The van der Waals surface area contributed by atoms with Crippen molar-refractivity contribution in [3.63, 3.8) is 0 Å². The number of nitrogens with two attached hydrogens (primary N) is 1. The molecule has 4 nitrogen and oxygen atoms in total. The number of hydrogen-bond acceptors (Lipinski definition) is 4. The van der Waals surface area contributed by atoms with Gasteiger partial charge in [-0.3, -0.25) is 0 Å². The summed E-state index contributed by atoms with van der Waals surface area (Å²) in [5.41, 5.74) is 6.50. The summed E-state index contributed by atoms with van der Waals surface area (Å²) >= 11 is 1.44. The lowest BCUT2D eigenvalue weighted by Crippen LogP contribution is -2.47. The summed E-state index contributed by atoms with van der Waals surface area (Å²) in [5.74, 6) is 0. The zero-order chi connectivity index (χ0) is 14.2. The van der Waals surface area contributed by atoms with Gasteiger partial charge in [0, 0.05) is 23.5 Å². The highest BCUT2D eigenvalue weighted by Gasteiger charge is 2.37. The molecule has 108 valence electrons. The van der Waals surface area contributed by atoms with Crippen LogP contribution in [0.1, 0.15) is 43.6 Å². The van der Waals surface area contributed by atoms with Gasteiger partial charge < -0.3 is 5.73 Å². The monoisotopic (exact) mass is 302 g/mol. The van der Waals surface area contributed by atoms with E-state index in [1.807, 2.05) is 26.2 Å². The van der Waals surface area contributed by atoms with Crippen LogP contribution in [0.3, 0.4) is 0 Å². The Balaban J connectivity index is 2.49. The second kappa shape index (κ2) is 5.52. The van der Waals surface area contributed by atoms with Gasteiger partial charge in [-0.2, -0.15) is 4.31 Å². The second-order valence-electron chi connectivity index (χ2n) is 5.34. The molecule has 0 radical (unpaired) electrons. The molecular weight excluding hydrogens is 280 g/mol. The third-order valence-electron chi connectivity index (χ3n) is 3.82. The molecule has 2 N–H and O–H groups in total. The Bertz CT molecular complexity index is 541. The normalized spacial score (nSPS) is 25.7. The van der Waals surface area contributed by atoms with Gasteiger partial charge in [-0.05, 0) is 44.6 Å². The predicted octanol–water partition coefficient (Wildman–Crippen LogP) is 2.47. The van der Waals surface area contributed by atoms with E-state index >= 15 is 0 Å². The Hall–Kier alpha value is -0.430. The first-order chi connectivity index (χ1) is 8.89. The molecule has 1 aromatic rings. The van der Waals surface area contributed by atoms with E-state index in [1.165, 1.54) is 11.3 Å². The Morgan fingerprint density at radius 1 is 1.37 bits per heavy atom. The molecule has 0 aromatic carbocycles. The maximum atomic E-state index is 12.9. The molecule has 1 aliphatic heterocycles. The van der Waals surface area contributed by atoms with Crippen LogP contribution in [0, 0.1) is 6.92 Å². The Kier molecular flexibility index (Phi) is 4.35. The van der Waals surface area contributed by atoms with Crippen molar-refractivity contribution in [3.8, 4) is 0 Å². The van der Waals surface area contributed by atoms with E-state index in [0.717, 1.165) is 29.7 Å². The predicted molar refractivity (Wildman–Crippen MR) is 78.7 cm³/mol. The van der Waals surface area contributed by atoms with E-state index < -0.39 is 10.0 Å². The molecule has 6 heteroatoms. The maximum absolute atomic E-state index is 12.9. The van der Waals surface area contributed by atoms with Crippen molar-refractivity contribution in [2.45, 2.75) is 63.6 Å². The van der Waals surface area contributed by atoms with Gasteiger partial charge in [0.15, 0.2) is 0 Å². The molecule has 0 spiro atoms. The fourth-order valence-electron chi connectivity index (χ4n) is 2.95. The van der Waals surface area contributed by atoms with Gasteiger partial charge >= 0.3 is 0 Å². The zero-order valence-electron chi connectivity index (χ0n) is 11.7. The van der Waals surface area contributed by atoms with Crippen molar-refractivity contribution in [1.29, 1.82) is 0 Å². The third-order valence-corrected chi connectivity index (χ3v) is 7.44. The molecule has 1 aliphatic rings. The molecule has 1 aromatic heterocycles. The van der Waals surface area contributed by atoms with Crippen LogP contribution in [0.15, 0.2) is 10.3 Å². The molecule has 2 unspecified atom stereocenters. The van der Waals surface area contributed by atoms with Crippen molar-refractivity contribution >= 4 is 21.4 Å². The number of thiophene rings is 1. The number of rotatable bonds is 3. The molecule has 19 heavy (non-hydrogen) atoms. The van der Waals surface area contributed by atoms with Crippen molar-refractivity contribution < 1.29 is 8.42 Å². The van der Waals surface area contributed by atoms with Crippen molar-refractivity contribution in [3.05, 3.63) is 15.8 Å². The van der Waals surface area contributed by atoms with Gasteiger partial charge in [0.05, 0.1) is 0 Å². The lowest BCUT2D eigenvalue weighted by Gasteiger charge is -2.37. The van der Waals surface area contributed by atoms with E-state index in [0.29, 0.717) is 4.90 Å². The Labute approximate surface area is 119 Å². The second-order valence-corrected chi connectivity index (χ2v) is 8.08. The van der Waals surface area contributed by atoms with E-state index in [4.69, 9.17) is 5.73 Å². The summed E-state index contributed by atoms with van der Waals surface area (Å²) in [7, 11) is -3.43. The molecule has 0 bridgehead atoms. The highest BCUT2D eigenvalue weighted by Crippen LogP contribution is 2.34. The van der Waals surface area contributed by atoms with Crippen LogP contribution in [-0.4, -0.2) is 24.8 Å². The molecule has 1 fully saturated rings. The molecule has 2 rings (SSSR count). The smallest absolute Gasteiger partial charge is 0.244 e. The molecule has 0 aliphatic carbocycles. The summed E-state index contributed by atoms with van der Waals surface area (Å²) in [6.07, 6.45) is 2.97. The first-order valence-electron chi connectivity index (χ1n) is 6.70. The third kappa shape index (κ3) is 2.59. The number of piperidine rings is 1. The number of nitrogens with zero attached hydrogens (tertiary/aromatic N) is 1. The van der Waals surface area contributed by atoms with Gasteiger partial charge in [0.2, 0.25) is 10.0 Å². The van der Waals surface area contributed by atoms with Gasteiger partial charge in [-0.25, -0.2) is 8.42 Å². The van der Waals surface area contributed by atoms with E-state index in [1.54, 1.807) is 4.31 Å². The molecule has 0 saturated carbocycles. The van der Waals surface area contributed by atoms with Gasteiger partial charge in [-0.15, -0.1) is 11.3 Å². The quantitative estimate of drug-likeness (QED) is 0.933. The van der Waals surface area contributed by atoms with E-state index in [-0.39, 0.29) is 18.6 Å². The summed E-state index contributed by atoms with van der Waals surface area (Å²) in [5, 5.41) is 1.88.